The summed E-state index contributed by atoms with van der Waals surface area (Å²) in [6.45, 7) is 4.37. The molecule has 4 nitrogen and oxygen atoms in total. The molecule has 0 saturated heterocycles. The third-order valence-electron chi connectivity index (χ3n) is 6.50. The maximum absolute atomic E-state index is 10.6. The van der Waals surface area contributed by atoms with E-state index in [1.807, 2.05) is 24.3 Å². The second kappa shape index (κ2) is 14.1. The normalized spacial score (nSPS) is 12.5. The molecule has 0 bridgehead atoms. The summed E-state index contributed by atoms with van der Waals surface area (Å²) in [6, 6.07) is 14.3. The van der Waals surface area contributed by atoms with Gasteiger partial charge in [0.2, 0.25) is 0 Å². The summed E-state index contributed by atoms with van der Waals surface area (Å²) >= 11 is 0. The van der Waals surface area contributed by atoms with Crippen molar-refractivity contribution in [1.82, 2.24) is 15.0 Å². The third-order valence-corrected chi connectivity index (χ3v) is 6.50. The summed E-state index contributed by atoms with van der Waals surface area (Å²) in [5, 5.41) is 19.8. The van der Waals surface area contributed by atoms with E-state index < -0.39 is 0 Å². The van der Waals surface area contributed by atoms with Crippen LogP contribution in [-0.4, -0.2) is 26.2 Å². The lowest BCUT2D eigenvalue weighted by atomic mass is 10.00. The van der Waals surface area contributed by atoms with Crippen LogP contribution in [0.5, 0.6) is 0 Å². The van der Waals surface area contributed by atoms with E-state index in [2.05, 4.69) is 42.2 Å². The molecule has 1 N–H and O–H groups in total. The molecule has 1 unspecified atom stereocenters. The van der Waals surface area contributed by atoms with Crippen LogP contribution in [0.1, 0.15) is 102 Å². The Morgan fingerprint density at radius 3 is 1.88 bits per heavy atom. The number of fused-ring (bicyclic) bond motifs is 1. The Labute approximate surface area is 200 Å². The van der Waals surface area contributed by atoms with Gasteiger partial charge in [0.1, 0.15) is 11.0 Å². The summed E-state index contributed by atoms with van der Waals surface area (Å²) in [6.07, 6.45) is 17.4. The number of hydrogen-bond acceptors (Lipinski definition) is 3. The van der Waals surface area contributed by atoms with E-state index in [4.69, 9.17) is 0 Å². The lowest BCUT2D eigenvalue weighted by Crippen LogP contribution is -2.11. The van der Waals surface area contributed by atoms with Crippen molar-refractivity contribution in [2.24, 2.45) is 0 Å². The first kappa shape index (κ1) is 25.4. The summed E-state index contributed by atoms with van der Waals surface area (Å²) in [5.74, 6) is 0. The van der Waals surface area contributed by atoms with E-state index in [0.717, 1.165) is 35.1 Å². The monoisotopic (exact) mass is 449 g/mol. The van der Waals surface area contributed by atoms with E-state index in [0.29, 0.717) is 6.42 Å². The molecule has 2 aromatic carbocycles. The van der Waals surface area contributed by atoms with Crippen LogP contribution in [0.25, 0.3) is 16.7 Å². The third kappa shape index (κ3) is 8.92. The van der Waals surface area contributed by atoms with E-state index in [9.17, 15) is 5.11 Å². The van der Waals surface area contributed by atoms with Gasteiger partial charge in [0, 0.05) is 0 Å². The molecule has 0 spiro atoms. The average Bonchev–Trinajstić information content (AvgIpc) is 3.24. The van der Waals surface area contributed by atoms with E-state index in [-0.39, 0.29) is 6.10 Å². The maximum Gasteiger partial charge on any atom is 0.113 e. The minimum absolute atomic E-state index is 0.285. The molecule has 1 heterocycles. The summed E-state index contributed by atoms with van der Waals surface area (Å²) in [7, 11) is 0. The van der Waals surface area contributed by atoms with E-state index in [1.165, 1.54) is 76.2 Å². The smallest absolute Gasteiger partial charge is 0.113 e. The van der Waals surface area contributed by atoms with Crippen molar-refractivity contribution < 1.29 is 5.11 Å². The first-order valence-corrected chi connectivity index (χ1v) is 13.3. The van der Waals surface area contributed by atoms with Gasteiger partial charge in [0.15, 0.2) is 0 Å². The number of aromatic nitrogens is 3. The molecule has 0 fully saturated rings. The number of aryl methyl sites for hydroxylation is 1. The fraction of sp³-hybridized carbons (Fsp3) is 0.586. The Hall–Kier alpha value is -2.20. The van der Waals surface area contributed by atoms with Crippen LogP contribution in [0.4, 0.5) is 0 Å². The minimum atomic E-state index is -0.285. The van der Waals surface area contributed by atoms with E-state index in [1.54, 1.807) is 4.80 Å². The Kier molecular flexibility index (Phi) is 10.9. The molecule has 3 aromatic rings. The maximum atomic E-state index is 10.6. The van der Waals surface area contributed by atoms with Crippen molar-refractivity contribution in [1.29, 1.82) is 0 Å². The highest BCUT2D eigenvalue weighted by Gasteiger charge is 2.10. The largest absolute Gasteiger partial charge is 0.393 e. The number of rotatable bonds is 16. The van der Waals surface area contributed by atoms with Crippen molar-refractivity contribution in [3.8, 4) is 5.69 Å². The number of aliphatic hydroxyl groups excluding tert-OH is 1. The van der Waals surface area contributed by atoms with E-state index >= 15 is 0 Å². The number of unbranched alkanes of at least 4 members (excludes halogenated alkanes) is 11. The van der Waals surface area contributed by atoms with Crippen molar-refractivity contribution >= 4 is 11.0 Å². The van der Waals surface area contributed by atoms with Crippen molar-refractivity contribution in [3.05, 3.63) is 53.6 Å². The van der Waals surface area contributed by atoms with Gasteiger partial charge in [-0.1, -0.05) is 102 Å². The lowest BCUT2D eigenvalue weighted by Gasteiger charge is -2.12. The Morgan fingerprint density at radius 2 is 1.30 bits per heavy atom. The molecular formula is C29H43N3O. The quantitative estimate of drug-likeness (QED) is 0.228. The number of aliphatic hydroxyl groups is 1. The fourth-order valence-electron chi connectivity index (χ4n) is 4.64. The van der Waals surface area contributed by atoms with Gasteiger partial charge in [-0.2, -0.15) is 4.80 Å². The minimum Gasteiger partial charge on any atom is -0.393 e. The van der Waals surface area contributed by atoms with Crippen molar-refractivity contribution in [2.75, 3.05) is 0 Å². The highest BCUT2D eigenvalue weighted by molar-refractivity contribution is 5.73. The van der Waals surface area contributed by atoms with Crippen LogP contribution in [0.3, 0.4) is 0 Å². The zero-order chi connectivity index (χ0) is 23.3. The lowest BCUT2D eigenvalue weighted by molar-refractivity contribution is 0.161. The van der Waals surface area contributed by atoms with Gasteiger partial charge in [-0.05, 0) is 55.2 Å². The standard InChI is InChI=1S/C29H43N3O/c1-3-4-5-6-7-8-9-10-11-12-13-14-17-27(33)23-25-20-24(2)21-26(22-25)32-30-28-18-15-16-19-29(28)31-32/h15-16,18-22,27,33H,3-14,17,23H2,1-2H3. The van der Waals surface area contributed by atoms with Gasteiger partial charge in [0.05, 0.1) is 11.8 Å². The Morgan fingerprint density at radius 1 is 0.758 bits per heavy atom. The van der Waals surface area contributed by atoms with Crippen LogP contribution >= 0.6 is 0 Å². The molecule has 0 aliphatic carbocycles. The average molecular weight is 450 g/mol. The molecule has 3 rings (SSSR count). The summed E-state index contributed by atoms with van der Waals surface area (Å²) in [5.41, 5.74) is 5.07. The van der Waals surface area contributed by atoms with Gasteiger partial charge in [-0.15, -0.1) is 10.2 Å². The Balaban J connectivity index is 1.34. The number of benzene rings is 2. The SMILES string of the molecule is CCCCCCCCCCCCCCC(O)Cc1cc(C)cc(-n2nc3ccccc3n2)c1. The fourth-order valence-corrected chi connectivity index (χ4v) is 4.64. The van der Waals surface area contributed by atoms with Gasteiger partial charge in [-0.3, -0.25) is 0 Å². The molecular weight excluding hydrogens is 406 g/mol. The Bertz CT molecular complexity index is 916. The molecule has 0 saturated carbocycles. The topological polar surface area (TPSA) is 50.9 Å². The zero-order valence-corrected chi connectivity index (χ0v) is 20.8. The zero-order valence-electron chi connectivity index (χ0n) is 20.8. The van der Waals surface area contributed by atoms with Crippen LogP contribution in [0, 0.1) is 6.92 Å². The molecule has 180 valence electrons. The van der Waals surface area contributed by atoms with Crippen LogP contribution in [0.2, 0.25) is 0 Å². The summed E-state index contributed by atoms with van der Waals surface area (Å²) in [4.78, 5) is 1.71. The molecule has 1 aromatic heterocycles. The number of nitrogens with zero attached hydrogens (tertiary/aromatic N) is 3. The number of hydrogen-bond donors (Lipinski definition) is 1. The molecule has 0 amide bonds. The van der Waals surface area contributed by atoms with Crippen molar-refractivity contribution in [2.45, 2.75) is 110 Å². The van der Waals surface area contributed by atoms with Gasteiger partial charge in [0.25, 0.3) is 0 Å². The molecule has 0 radical (unpaired) electrons. The highest BCUT2D eigenvalue weighted by atomic mass is 16.3. The first-order valence-electron chi connectivity index (χ1n) is 13.3. The first-order chi connectivity index (χ1) is 16.2. The van der Waals surface area contributed by atoms with Gasteiger partial charge < -0.3 is 5.11 Å². The molecule has 0 aliphatic heterocycles. The van der Waals surface area contributed by atoms with Crippen LogP contribution < -0.4 is 0 Å². The molecule has 33 heavy (non-hydrogen) atoms. The molecule has 0 aliphatic rings. The van der Waals surface area contributed by atoms with Gasteiger partial charge >= 0.3 is 0 Å². The molecule has 1 atom stereocenters. The van der Waals surface area contributed by atoms with Crippen molar-refractivity contribution in [3.63, 3.8) is 0 Å². The second-order valence-electron chi connectivity index (χ2n) is 9.69. The van der Waals surface area contributed by atoms with Gasteiger partial charge in [-0.25, -0.2) is 0 Å². The van der Waals surface area contributed by atoms with Crippen LogP contribution in [-0.2, 0) is 6.42 Å². The predicted octanol–water partition coefficient (Wildman–Crippen LogP) is 7.72. The highest BCUT2D eigenvalue weighted by Crippen LogP contribution is 2.19. The summed E-state index contributed by atoms with van der Waals surface area (Å²) < 4.78 is 0. The second-order valence-corrected chi connectivity index (χ2v) is 9.69. The predicted molar refractivity (Wildman–Crippen MR) is 139 cm³/mol. The van der Waals surface area contributed by atoms with Crippen LogP contribution in [0.15, 0.2) is 42.5 Å². The molecule has 4 heteroatoms.